The van der Waals surface area contributed by atoms with Gasteiger partial charge in [0.05, 0.1) is 0 Å². The van der Waals surface area contributed by atoms with Crippen LogP contribution in [-0.2, 0) is 0 Å². The molecule has 28 valence electrons. The van der Waals surface area contributed by atoms with Gasteiger partial charge in [0.15, 0.2) is 0 Å². The van der Waals surface area contributed by atoms with Crippen molar-refractivity contribution >= 4 is 112 Å². The Bertz CT molecular complexity index is 21.0. The van der Waals surface area contributed by atoms with Crippen LogP contribution in [0.2, 0.25) is 0 Å². The molecule has 0 aliphatic carbocycles. The molecule has 0 aromatic heterocycles. The molecule has 0 rings (SSSR count). The monoisotopic (exact) mass is 155 g/mol. The summed E-state index contributed by atoms with van der Waals surface area (Å²) in [5.41, 5.74) is 0. The molecular weight excluding hydrogens is 149 g/mol. The molecule has 0 unspecified atom stereocenters. The van der Waals surface area contributed by atoms with E-state index in [1.165, 1.54) is 0 Å². The molecule has 0 amide bonds. The molecule has 0 bridgehead atoms. The maximum absolute atomic E-state index is 8.12. The fraction of sp³-hybridized carbons (Fsp3) is 0. The quantitative estimate of drug-likeness (QED) is 0.219. The molecule has 6 heteroatoms. The first kappa shape index (κ1) is 23.0. The Labute approximate surface area is 124 Å². The summed E-state index contributed by atoms with van der Waals surface area (Å²) >= 11 is 0. The second kappa shape index (κ2) is 24.4. The minimum Gasteiger partial charge on any atom is 0.316 e. The van der Waals surface area contributed by atoms with Crippen LogP contribution in [0.1, 0.15) is 0 Å². The maximum atomic E-state index is 8.12. The van der Waals surface area contributed by atoms with E-state index in [4.69, 9.17) is 10.1 Å². The molecule has 1 N–H and O–H groups in total. The molecule has 0 atom stereocenters. The zero-order valence-electron chi connectivity index (χ0n) is 1.32. The third-order valence-electron chi connectivity index (χ3n) is 0. The Balaban J connectivity index is -0.00000000667. The van der Waals surface area contributed by atoms with E-state index < -0.39 is 0 Å². The molecule has 0 aromatic rings. The van der Waals surface area contributed by atoms with Crippen LogP contribution < -0.4 is 5.34 Å². The van der Waals surface area contributed by atoms with Crippen LogP contribution in [0.5, 0.6) is 0 Å². The van der Waals surface area contributed by atoms with Gasteiger partial charge in [-0.2, -0.15) is 0 Å². The number of nitrogens with one attached hydrogen (secondary N) is 1. The van der Waals surface area contributed by atoms with Crippen molar-refractivity contribution in [1.29, 1.82) is 0 Å². The Morgan fingerprint density at radius 2 is 1.50 bits per heavy atom. The van der Waals surface area contributed by atoms with Gasteiger partial charge in [-0.1, -0.05) is 0 Å². The number of hydrogen-bond donors (Lipinski definition) is 1. The van der Waals surface area contributed by atoms with Crippen LogP contribution in [0.15, 0.2) is 0 Å². The molecule has 0 aliphatic rings. The Kier molecular flexibility index (Phi) is 93.4. The van der Waals surface area contributed by atoms with E-state index in [0.717, 1.165) is 0 Å². The summed E-state index contributed by atoms with van der Waals surface area (Å²) in [4.78, 5) is 8.12. The average molecular weight is 156 g/mol. The van der Waals surface area contributed by atoms with Crippen molar-refractivity contribution in [1.82, 2.24) is 0 Å². The average Bonchev–Trinajstić information content (AvgIpc) is 0.918. The molecule has 0 radical (unpaired) electrons. The first-order chi connectivity index (χ1) is 1.41. The van der Waals surface area contributed by atoms with E-state index in [0.29, 0.717) is 0 Å². The SMILES string of the molecule is O=[NH+][O-].[CaH2].[KH].[MgH2]. The maximum Gasteiger partial charge on any atom is 0.316 e. The molecule has 0 aliphatic heterocycles. The summed E-state index contributed by atoms with van der Waals surface area (Å²) in [6, 6.07) is 0. The van der Waals surface area contributed by atoms with Gasteiger partial charge < -0.3 is 0 Å². The van der Waals surface area contributed by atoms with E-state index in [1.807, 2.05) is 0 Å². The van der Waals surface area contributed by atoms with Gasteiger partial charge in [-0.3, -0.25) is 10.1 Å². The number of rotatable bonds is 0. The second-order valence-electron chi connectivity index (χ2n) is 0.0833. The fourth-order valence-electron chi connectivity index (χ4n) is 0. The third kappa shape index (κ3) is 27.7. The van der Waals surface area contributed by atoms with Gasteiger partial charge in [0.25, 0.3) is 0 Å². The largest absolute Gasteiger partial charge is 0.316 e. The Morgan fingerprint density at radius 3 is 1.50 bits per heavy atom. The van der Waals surface area contributed by atoms with Gasteiger partial charge in [-0.25, -0.2) is 0 Å². The molecule has 0 saturated heterocycles. The Morgan fingerprint density at radius 1 is 1.50 bits per heavy atom. The predicted molar refractivity (Wildman–Crippen MR) is 31.9 cm³/mol. The van der Waals surface area contributed by atoms with Gasteiger partial charge in [0.2, 0.25) is 0 Å². The van der Waals surface area contributed by atoms with E-state index in [-0.39, 0.29) is 118 Å². The standard InChI is InChI=1S/Ca.K.Mg.HNO2.5H/c;;;2-1-3;;;;;/h;;;1H;;;;;. The van der Waals surface area contributed by atoms with Crippen molar-refractivity contribution in [2.75, 3.05) is 0 Å². The molecule has 0 spiro atoms. The van der Waals surface area contributed by atoms with E-state index in [9.17, 15) is 0 Å². The van der Waals surface area contributed by atoms with Crippen molar-refractivity contribution in [2.45, 2.75) is 0 Å². The van der Waals surface area contributed by atoms with Crippen molar-refractivity contribution in [3.05, 3.63) is 10.1 Å². The smallest absolute Gasteiger partial charge is 0.316 e. The molecule has 0 saturated carbocycles. The molecule has 3 nitrogen and oxygen atoms in total. The normalized spacial score (nSPS) is 2.00. The van der Waals surface area contributed by atoms with E-state index in [1.54, 1.807) is 0 Å². The van der Waals surface area contributed by atoms with Gasteiger partial charge in [-0.05, 0) is 0 Å². The van der Waals surface area contributed by atoms with Crippen molar-refractivity contribution in [2.24, 2.45) is 0 Å². The minimum atomic E-state index is 0. The van der Waals surface area contributed by atoms with Gasteiger partial charge >= 0.3 is 112 Å². The van der Waals surface area contributed by atoms with Crippen molar-refractivity contribution in [3.63, 3.8) is 0 Å². The summed E-state index contributed by atoms with van der Waals surface area (Å²) in [6.45, 7) is 0. The summed E-state index contributed by atoms with van der Waals surface area (Å²) in [6.07, 6.45) is 0. The van der Waals surface area contributed by atoms with Crippen LogP contribution in [0.25, 0.3) is 0 Å². The van der Waals surface area contributed by atoms with E-state index in [2.05, 4.69) is 0 Å². The van der Waals surface area contributed by atoms with Crippen molar-refractivity contribution < 1.29 is 5.34 Å². The minimum absolute atomic E-state index is 0. The summed E-state index contributed by atoms with van der Waals surface area (Å²) in [5, 5.41) is 8.38. The van der Waals surface area contributed by atoms with Crippen LogP contribution in [0.3, 0.4) is 0 Å². The second-order valence-corrected chi connectivity index (χ2v) is 0.0833. The van der Waals surface area contributed by atoms with Crippen LogP contribution in [0, 0.1) is 10.1 Å². The number of hydrogen-bond acceptors (Lipinski definition) is 2. The molecule has 0 aromatic carbocycles. The van der Waals surface area contributed by atoms with Gasteiger partial charge in [-0.15, -0.1) is 0 Å². The molecular formula is H6CaKMgNO2. The molecule has 0 heterocycles. The Hall–Kier alpha value is 3.06. The summed E-state index contributed by atoms with van der Waals surface area (Å²) in [5.74, 6) is 0. The van der Waals surface area contributed by atoms with Crippen LogP contribution in [0.4, 0.5) is 0 Å². The third-order valence-corrected chi connectivity index (χ3v) is 0. The molecule has 0 fully saturated rings. The fourth-order valence-corrected chi connectivity index (χ4v) is 0. The first-order valence-electron chi connectivity index (χ1n) is 0.408. The van der Waals surface area contributed by atoms with Crippen LogP contribution >= 0.6 is 0 Å². The van der Waals surface area contributed by atoms with Crippen LogP contribution in [-0.4, -0.2) is 112 Å². The van der Waals surface area contributed by atoms with E-state index >= 15 is 0 Å². The topological polar surface area (TPSA) is 54.1 Å². The zero-order chi connectivity index (χ0) is 2.71. The predicted octanol–water partition coefficient (Wildman–Crippen LogP) is -4.15. The summed E-state index contributed by atoms with van der Waals surface area (Å²) < 4.78 is 0. The molecule has 6 heavy (non-hydrogen) atoms. The summed E-state index contributed by atoms with van der Waals surface area (Å²) in [7, 11) is 0. The van der Waals surface area contributed by atoms with Gasteiger partial charge in [0, 0.05) is 5.34 Å². The van der Waals surface area contributed by atoms with Gasteiger partial charge in [0.1, 0.15) is 0 Å². The zero-order valence-corrected chi connectivity index (χ0v) is 1.32. The van der Waals surface area contributed by atoms with Crippen molar-refractivity contribution in [3.8, 4) is 0 Å². The first-order valence-corrected chi connectivity index (χ1v) is 0.408.